The van der Waals surface area contributed by atoms with Gasteiger partial charge in [-0.05, 0) is 51.8 Å². The number of hydrogen-bond acceptors (Lipinski definition) is 5. The van der Waals surface area contributed by atoms with Crippen molar-refractivity contribution in [2.75, 3.05) is 12.4 Å². The second-order valence-corrected chi connectivity index (χ2v) is 8.10. The minimum Gasteiger partial charge on any atom is -0.493 e. The molecule has 0 saturated heterocycles. The Hall–Kier alpha value is -3.36. The van der Waals surface area contributed by atoms with Gasteiger partial charge in [0.05, 0.1) is 29.0 Å². The SMILES string of the molecule is COc1cc(/C=N\NC(=O)c2ccccc2NC(C)=O)cc(Br)c1OCc1ccccc1Cl. The van der Waals surface area contributed by atoms with Crippen LogP contribution >= 0.6 is 27.5 Å². The molecule has 0 atom stereocenters. The van der Waals surface area contributed by atoms with Crippen LogP contribution in [0.25, 0.3) is 0 Å². The van der Waals surface area contributed by atoms with Gasteiger partial charge in [-0.1, -0.05) is 41.9 Å². The number of rotatable bonds is 8. The van der Waals surface area contributed by atoms with E-state index in [0.29, 0.717) is 37.8 Å². The summed E-state index contributed by atoms with van der Waals surface area (Å²) in [6, 6.07) is 17.6. The predicted molar refractivity (Wildman–Crippen MR) is 132 cm³/mol. The number of nitrogens with one attached hydrogen (secondary N) is 2. The van der Waals surface area contributed by atoms with Crippen molar-refractivity contribution in [3.63, 3.8) is 0 Å². The number of halogens is 2. The lowest BCUT2D eigenvalue weighted by molar-refractivity contribution is -0.114. The number of ether oxygens (including phenoxy) is 2. The van der Waals surface area contributed by atoms with Crippen molar-refractivity contribution in [3.8, 4) is 11.5 Å². The second kappa shape index (κ2) is 11.5. The summed E-state index contributed by atoms with van der Waals surface area (Å²) >= 11 is 9.69. The van der Waals surface area contributed by atoms with Gasteiger partial charge in [-0.3, -0.25) is 9.59 Å². The van der Waals surface area contributed by atoms with E-state index in [-0.39, 0.29) is 12.5 Å². The number of amides is 2. The van der Waals surface area contributed by atoms with Crippen molar-refractivity contribution >= 4 is 51.2 Å². The monoisotopic (exact) mass is 529 g/mol. The van der Waals surface area contributed by atoms with Gasteiger partial charge >= 0.3 is 0 Å². The molecule has 2 N–H and O–H groups in total. The summed E-state index contributed by atoms with van der Waals surface area (Å²) in [7, 11) is 1.53. The quantitative estimate of drug-likeness (QED) is 0.301. The summed E-state index contributed by atoms with van der Waals surface area (Å²) in [5.41, 5.74) is 4.68. The van der Waals surface area contributed by atoms with Gasteiger partial charge in [0.15, 0.2) is 11.5 Å². The van der Waals surface area contributed by atoms with Crippen LogP contribution in [0.3, 0.4) is 0 Å². The molecule has 0 heterocycles. The Morgan fingerprint density at radius 3 is 2.58 bits per heavy atom. The summed E-state index contributed by atoms with van der Waals surface area (Å²) in [4.78, 5) is 23.8. The van der Waals surface area contributed by atoms with Gasteiger partial charge in [0.1, 0.15) is 6.61 Å². The molecule has 0 aliphatic heterocycles. The van der Waals surface area contributed by atoms with Gasteiger partial charge in [0.25, 0.3) is 5.91 Å². The number of para-hydroxylation sites is 1. The summed E-state index contributed by atoms with van der Waals surface area (Å²) in [6.45, 7) is 1.64. The first-order chi connectivity index (χ1) is 15.9. The Bertz CT molecular complexity index is 1200. The number of nitrogens with zero attached hydrogens (tertiary/aromatic N) is 1. The van der Waals surface area contributed by atoms with E-state index in [0.717, 1.165) is 5.56 Å². The smallest absolute Gasteiger partial charge is 0.273 e. The van der Waals surface area contributed by atoms with Crippen molar-refractivity contribution < 1.29 is 19.1 Å². The molecular formula is C24H21BrClN3O4. The van der Waals surface area contributed by atoms with Crippen molar-refractivity contribution in [2.45, 2.75) is 13.5 Å². The molecule has 0 unspecified atom stereocenters. The largest absolute Gasteiger partial charge is 0.493 e. The first-order valence-corrected chi connectivity index (χ1v) is 11.0. The van der Waals surface area contributed by atoms with Crippen LogP contribution in [-0.4, -0.2) is 25.1 Å². The van der Waals surface area contributed by atoms with E-state index in [2.05, 4.69) is 31.8 Å². The molecule has 9 heteroatoms. The Balaban J connectivity index is 1.71. The van der Waals surface area contributed by atoms with E-state index in [9.17, 15) is 9.59 Å². The Morgan fingerprint density at radius 1 is 1.12 bits per heavy atom. The summed E-state index contributed by atoms with van der Waals surface area (Å²) in [5.74, 6) is 0.275. The lowest BCUT2D eigenvalue weighted by atomic mass is 10.1. The zero-order valence-electron chi connectivity index (χ0n) is 17.9. The zero-order valence-corrected chi connectivity index (χ0v) is 20.2. The number of methoxy groups -OCH3 is 1. The summed E-state index contributed by atoms with van der Waals surface area (Å²) in [5, 5.41) is 7.26. The molecule has 0 radical (unpaired) electrons. The number of carbonyl (C=O) groups excluding carboxylic acids is 2. The molecule has 0 fully saturated rings. The van der Waals surface area contributed by atoms with Gasteiger partial charge in [-0.2, -0.15) is 5.10 Å². The molecule has 0 saturated carbocycles. The molecule has 0 spiro atoms. The average molecular weight is 531 g/mol. The maximum atomic E-state index is 12.5. The minimum absolute atomic E-state index is 0.270. The normalized spacial score (nSPS) is 10.7. The third kappa shape index (κ3) is 6.57. The van der Waals surface area contributed by atoms with Crippen molar-refractivity contribution in [1.82, 2.24) is 5.43 Å². The molecule has 3 aromatic rings. The molecule has 0 bridgehead atoms. The van der Waals surface area contributed by atoms with Crippen LogP contribution in [-0.2, 0) is 11.4 Å². The highest BCUT2D eigenvalue weighted by molar-refractivity contribution is 9.10. The highest BCUT2D eigenvalue weighted by Crippen LogP contribution is 2.37. The Labute approximate surface area is 204 Å². The average Bonchev–Trinajstić information content (AvgIpc) is 2.79. The summed E-state index contributed by atoms with van der Waals surface area (Å²) < 4.78 is 12.0. The topological polar surface area (TPSA) is 89.0 Å². The third-order valence-corrected chi connectivity index (χ3v) is 5.40. The number of carbonyl (C=O) groups is 2. The fourth-order valence-electron chi connectivity index (χ4n) is 2.93. The molecule has 0 aromatic heterocycles. The Kier molecular flexibility index (Phi) is 8.46. The first-order valence-electron chi connectivity index (χ1n) is 9.82. The maximum Gasteiger partial charge on any atom is 0.273 e. The van der Waals surface area contributed by atoms with Crippen molar-refractivity contribution in [1.29, 1.82) is 0 Å². The zero-order chi connectivity index (χ0) is 23.8. The van der Waals surface area contributed by atoms with Gasteiger partial charge < -0.3 is 14.8 Å². The second-order valence-electron chi connectivity index (χ2n) is 6.84. The maximum absolute atomic E-state index is 12.5. The number of hydrogen-bond donors (Lipinski definition) is 2. The van der Waals surface area contributed by atoms with Gasteiger partial charge in [-0.25, -0.2) is 5.43 Å². The minimum atomic E-state index is -0.457. The number of anilines is 1. The fraction of sp³-hybridized carbons (Fsp3) is 0.125. The van der Waals surface area contributed by atoms with Crippen LogP contribution in [0.4, 0.5) is 5.69 Å². The molecule has 170 valence electrons. The molecule has 33 heavy (non-hydrogen) atoms. The van der Waals surface area contributed by atoms with Crippen molar-refractivity contribution in [2.24, 2.45) is 5.10 Å². The Morgan fingerprint density at radius 2 is 1.85 bits per heavy atom. The molecule has 2 amide bonds. The van der Waals surface area contributed by atoms with Crippen LogP contribution in [0.5, 0.6) is 11.5 Å². The molecule has 0 aliphatic carbocycles. The van der Waals surface area contributed by atoms with E-state index < -0.39 is 5.91 Å². The molecular weight excluding hydrogens is 510 g/mol. The predicted octanol–water partition coefficient (Wildman–Crippen LogP) is 5.41. The van der Waals surface area contributed by atoms with Gasteiger partial charge in [0.2, 0.25) is 5.91 Å². The van der Waals surface area contributed by atoms with Crippen molar-refractivity contribution in [3.05, 3.63) is 86.8 Å². The molecule has 3 aromatic carbocycles. The highest BCUT2D eigenvalue weighted by atomic mass is 79.9. The van der Waals surface area contributed by atoms with Crippen LogP contribution < -0.4 is 20.2 Å². The third-order valence-electron chi connectivity index (χ3n) is 4.44. The number of hydrazone groups is 1. The van der Waals surface area contributed by atoms with E-state index in [1.54, 1.807) is 42.5 Å². The summed E-state index contributed by atoms with van der Waals surface area (Å²) in [6.07, 6.45) is 1.48. The standard InChI is InChI=1S/C24H21BrClN3O4/c1-15(30)28-21-10-6-4-8-18(21)24(31)29-27-13-16-11-19(25)23(22(12-16)32-2)33-14-17-7-3-5-9-20(17)26/h3-13H,14H2,1-2H3,(H,28,30)(H,29,31)/b27-13-. The first kappa shape index (κ1) is 24.3. The lowest BCUT2D eigenvalue weighted by Crippen LogP contribution is -2.20. The van der Waals surface area contributed by atoms with Crippen LogP contribution in [0.15, 0.2) is 70.2 Å². The fourth-order valence-corrected chi connectivity index (χ4v) is 3.69. The van der Waals surface area contributed by atoms with Crippen LogP contribution in [0.1, 0.15) is 28.4 Å². The van der Waals surface area contributed by atoms with E-state index >= 15 is 0 Å². The van der Waals surface area contributed by atoms with E-state index in [4.69, 9.17) is 21.1 Å². The molecule has 0 aliphatic rings. The lowest BCUT2D eigenvalue weighted by Gasteiger charge is -2.14. The molecule has 7 nitrogen and oxygen atoms in total. The van der Waals surface area contributed by atoms with Crippen LogP contribution in [0.2, 0.25) is 5.02 Å². The van der Waals surface area contributed by atoms with Crippen LogP contribution in [0, 0.1) is 0 Å². The van der Waals surface area contributed by atoms with Gasteiger partial charge in [-0.15, -0.1) is 0 Å². The van der Waals surface area contributed by atoms with E-state index in [1.165, 1.54) is 20.2 Å². The highest BCUT2D eigenvalue weighted by Gasteiger charge is 2.13. The van der Waals surface area contributed by atoms with E-state index in [1.807, 2.05) is 18.2 Å². The molecule has 3 rings (SSSR count). The van der Waals surface area contributed by atoms with Gasteiger partial charge in [0, 0.05) is 17.5 Å². The number of benzene rings is 3.